The van der Waals surface area contributed by atoms with E-state index in [2.05, 4.69) is 0 Å². The Bertz CT molecular complexity index is 636. The van der Waals surface area contributed by atoms with Crippen molar-refractivity contribution in [2.45, 2.75) is 19.1 Å². The third-order valence-electron chi connectivity index (χ3n) is 3.27. The van der Waals surface area contributed by atoms with Crippen LogP contribution in [0.2, 0.25) is 0 Å². The van der Waals surface area contributed by atoms with Crippen molar-refractivity contribution in [3.05, 3.63) is 53.6 Å². The van der Waals surface area contributed by atoms with Gasteiger partial charge in [0.05, 0.1) is 12.7 Å². The van der Waals surface area contributed by atoms with Gasteiger partial charge in [-0.05, 0) is 36.2 Å². The minimum absolute atomic E-state index is 0.0874. The summed E-state index contributed by atoms with van der Waals surface area (Å²) >= 11 is 0. The molecule has 112 valence electrons. The van der Waals surface area contributed by atoms with Gasteiger partial charge in [0.15, 0.2) is 0 Å². The molecule has 0 bridgehead atoms. The second-order valence-corrected chi connectivity index (χ2v) is 4.79. The maximum Gasteiger partial charge on any atom is 0.417 e. The van der Waals surface area contributed by atoms with Crippen molar-refractivity contribution in [2.75, 3.05) is 7.11 Å². The lowest BCUT2D eigenvalue weighted by atomic mass is 9.95. The van der Waals surface area contributed by atoms with E-state index in [0.717, 1.165) is 11.6 Å². The molecule has 0 aliphatic heterocycles. The SMILES string of the molecule is COc1ccc(C(C)N)cc1-c1ccccc1C(F)(F)F. The van der Waals surface area contributed by atoms with Crippen LogP contribution >= 0.6 is 0 Å². The van der Waals surface area contributed by atoms with Gasteiger partial charge in [-0.1, -0.05) is 24.3 Å². The van der Waals surface area contributed by atoms with Crippen LogP contribution in [0.5, 0.6) is 5.75 Å². The number of rotatable bonds is 3. The fourth-order valence-corrected chi connectivity index (χ4v) is 2.18. The van der Waals surface area contributed by atoms with Gasteiger partial charge in [-0.3, -0.25) is 0 Å². The number of hydrogen-bond acceptors (Lipinski definition) is 2. The molecule has 2 aromatic rings. The summed E-state index contributed by atoms with van der Waals surface area (Å²) in [5, 5.41) is 0. The smallest absolute Gasteiger partial charge is 0.417 e. The molecule has 1 unspecified atom stereocenters. The minimum Gasteiger partial charge on any atom is -0.496 e. The molecule has 0 heterocycles. The van der Waals surface area contributed by atoms with Crippen molar-refractivity contribution in [1.29, 1.82) is 0 Å². The highest BCUT2D eigenvalue weighted by molar-refractivity contribution is 5.74. The van der Waals surface area contributed by atoms with Gasteiger partial charge < -0.3 is 10.5 Å². The summed E-state index contributed by atoms with van der Waals surface area (Å²) < 4.78 is 44.7. The van der Waals surface area contributed by atoms with Crippen LogP contribution in [0.1, 0.15) is 24.1 Å². The van der Waals surface area contributed by atoms with Crippen molar-refractivity contribution in [1.82, 2.24) is 0 Å². The van der Waals surface area contributed by atoms with E-state index in [-0.39, 0.29) is 11.6 Å². The van der Waals surface area contributed by atoms with E-state index in [1.807, 2.05) is 0 Å². The Morgan fingerprint density at radius 3 is 2.29 bits per heavy atom. The van der Waals surface area contributed by atoms with Crippen molar-refractivity contribution < 1.29 is 17.9 Å². The molecule has 0 amide bonds. The maximum atomic E-state index is 13.2. The number of ether oxygens (including phenoxy) is 1. The van der Waals surface area contributed by atoms with Crippen LogP contribution in [-0.2, 0) is 6.18 Å². The van der Waals surface area contributed by atoms with E-state index >= 15 is 0 Å². The zero-order chi connectivity index (χ0) is 15.6. The number of alkyl halides is 3. The van der Waals surface area contributed by atoms with Gasteiger partial charge in [0.25, 0.3) is 0 Å². The Morgan fingerprint density at radius 2 is 1.71 bits per heavy atom. The molecule has 2 nitrogen and oxygen atoms in total. The van der Waals surface area contributed by atoms with Crippen LogP contribution in [0, 0.1) is 0 Å². The Morgan fingerprint density at radius 1 is 1.05 bits per heavy atom. The van der Waals surface area contributed by atoms with Crippen molar-refractivity contribution >= 4 is 0 Å². The van der Waals surface area contributed by atoms with Crippen molar-refractivity contribution in [2.24, 2.45) is 5.73 Å². The molecule has 2 N–H and O–H groups in total. The Kier molecular flexibility index (Phi) is 4.23. The lowest BCUT2D eigenvalue weighted by Crippen LogP contribution is -2.08. The normalized spacial score (nSPS) is 13.0. The lowest BCUT2D eigenvalue weighted by molar-refractivity contribution is -0.137. The standard InChI is InChI=1S/C16H16F3NO/c1-10(20)11-7-8-15(21-2)13(9-11)12-5-3-4-6-14(12)16(17,18)19/h3-10H,20H2,1-2H3. The fraction of sp³-hybridized carbons (Fsp3) is 0.250. The average molecular weight is 295 g/mol. The van der Waals surface area contributed by atoms with Crippen LogP contribution in [0.3, 0.4) is 0 Å². The molecule has 0 saturated carbocycles. The molecule has 2 aromatic carbocycles. The van der Waals surface area contributed by atoms with Crippen molar-refractivity contribution in [3.8, 4) is 16.9 Å². The predicted octanol–water partition coefficient (Wildman–Crippen LogP) is 4.40. The zero-order valence-electron chi connectivity index (χ0n) is 11.7. The van der Waals surface area contributed by atoms with Gasteiger partial charge in [-0.25, -0.2) is 0 Å². The predicted molar refractivity (Wildman–Crippen MR) is 76.0 cm³/mol. The van der Waals surface area contributed by atoms with Gasteiger partial charge in [-0.15, -0.1) is 0 Å². The summed E-state index contributed by atoms with van der Waals surface area (Å²) in [5.74, 6) is 0.385. The highest BCUT2D eigenvalue weighted by Crippen LogP contribution is 2.40. The Balaban J connectivity index is 2.69. The third-order valence-corrected chi connectivity index (χ3v) is 3.27. The number of benzene rings is 2. The summed E-state index contributed by atoms with van der Waals surface area (Å²) in [5.41, 5.74) is 6.35. The van der Waals surface area contributed by atoms with E-state index in [0.29, 0.717) is 11.3 Å². The highest BCUT2D eigenvalue weighted by Gasteiger charge is 2.33. The molecular weight excluding hydrogens is 279 g/mol. The van der Waals surface area contributed by atoms with Crippen LogP contribution in [-0.4, -0.2) is 7.11 Å². The molecule has 0 aliphatic rings. The van der Waals surface area contributed by atoms with E-state index < -0.39 is 11.7 Å². The lowest BCUT2D eigenvalue weighted by Gasteiger charge is -2.17. The zero-order valence-corrected chi connectivity index (χ0v) is 11.7. The first kappa shape index (κ1) is 15.4. The van der Waals surface area contributed by atoms with Crippen LogP contribution in [0.25, 0.3) is 11.1 Å². The van der Waals surface area contributed by atoms with Gasteiger partial charge in [0, 0.05) is 11.6 Å². The highest BCUT2D eigenvalue weighted by atomic mass is 19.4. The number of hydrogen-bond donors (Lipinski definition) is 1. The molecule has 0 aromatic heterocycles. The molecule has 2 rings (SSSR count). The van der Waals surface area contributed by atoms with Crippen LogP contribution in [0.4, 0.5) is 13.2 Å². The second kappa shape index (κ2) is 5.77. The largest absolute Gasteiger partial charge is 0.496 e. The first-order chi connectivity index (χ1) is 9.84. The summed E-state index contributed by atoms with van der Waals surface area (Å²) in [6, 6.07) is 10.2. The second-order valence-electron chi connectivity index (χ2n) is 4.79. The molecular formula is C16H16F3NO. The molecule has 0 spiro atoms. The molecule has 0 fully saturated rings. The fourth-order valence-electron chi connectivity index (χ4n) is 2.18. The van der Waals surface area contributed by atoms with Crippen LogP contribution in [0.15, 0.2) is 42.5 Å². The van der Waals surface area contributed by atoms with Gasteiger partial charge >= 0.3 is 6.18 Å². The summed E-state index contributed by atoms with van der Waals surface area (Å²) in [4.78, 5) is 0. The van der Waals surface area contributed by atoms with Gasteiger partial charge in [-0.2, -0.15) is 13.2 Å². The number of halogens is 3. The van der Waals surface area contributed by atoms with Crippen molar-refractivity contribution in [3.63, 3.8) is 0 Å². The first-order valence-corrected chi connectivity index (χ1v) is 6.44. The molecule has 1 atom stereocenters. The average Bonchev–Trinajstić information content (AvgIpc) is 2.45. The number of methoxy groups -OCH3 is 1. The van der Waals surface area contributed by atoms with E-state index in [9.17, 15) is 13.2 Å². The quantitative estimate of drug-likeness (QED) is 0.910. The molecule has 5 heteroatoms. The Labute approximate surface area is 121 Å². The maximum absolute atomic E-state index is 13.2. The van der Waals surface area contributed by atoms with Gasteiger partial charge in [0.2, 0.25) is 0 Å². The third kappa shape index (κ3) is 3.19. The topological polar surface area (TPSA) is 35.2 Å². The van der Waals surface area contributed by atoms with Gasteiger partial charge in [0.1, 0.15) is 5.75 Å². The van der Waals surface area contributed by atoms with Crippen LogP contribution < -0.4 is 10.5 Å². The summed E-state index contributed by atoms with van der Waals surface area (Å²) in [7, 11) is 1.43. The Hall–Kier alpha value is -2.01. The minimum atomic E-state index is -4.42. The summed E-state index contributed by atoms with van der Waals surface area (Å²) in [6.45, 7) is 1.78. The summed E-state index contributed by atoms with van der Waals surface area (Å²) in [6.07, 6.45) is -4.42. The number of nitrogens with two attached hydrogens (primary N) is 1. The molecule has 21 heavy (non-hydrogen) atoms. The first-order valence-electron chi connectivity index (χ1n) is 6.44. The molecule has 0 aliphatic carbocycles. The molecule has 0 radical (unpaired) electrons. The van der Waals surface area contributed by atoms with E-state index in [4.69, 9.17) is 10.5 Å². The monoisotopic (exact) mass is 295 g/mol. The van der Waals surface area contributed by atoms with E-state index in [1.54, 1.807) is 31.2 Å². The molecule has 0 saturated heterocycles. The van der Waals surface area contributed by atoms with E-state index in [1.165, 1.54) is 19.2 Å².